The van der Waals surface area contributed by atoms with E-state index in [1.54, 1.807) is 12.3 Å². The zero-order valence-corrected chi connectivity index (χ0v) is 8.33. The highest BCUT2D eigenvalue weighted by atomic mass is 14.9. The zero-order valence-electron chi connectivity index (χ0n) is 8.33. The molecule has 0 saturated heterocycles. The van der Waals surface area contributed by atoms with Crippen LogP contribution in [0.1, 0.15) is 31.8 Å². The van der Waals surface area contributed by atoms with Gasteiger partial charge in [0.2, 0.25) is 0 Å². The molecule has 0 bridgehead atoms. The van der Waals surface area contributed by atoms with Crippen LogP contribution in [-0.4, -0.2) is 9.97 Å². The van der Waals surface area contributed by atoms with Gasteiger partial charge in [-0.15, -0.1) is 0 Å². The van der Waals surface area contributed by atoms with Gasteiger partial charge in [0.05, 0.1) is 5.69 Å². The molecule has 2 heteroatoms. The Labute approximate surface area is 79.7 Å². The second-order valence-corrected chi connectivity index (χ2v) is 3.32. The molecule has 0 aliphatic heterocycles. The van der Waals surface area contributed by atoms with Gasteiger partial charge < -0.3 is 0 Å². The van der Waals surface area contributed by atoms with E-state index in [4.69, 9.17) is 0 Å². The van der Waals surface area contributed by atoms with Gasteiger partial charge in [0.1, 0.15) is 5.82 Å². The van der Waals surface area contributed by atoms with Crippen molar-refractivity contribution in [3.63, 3.8) is 0 Å². The Morgan fingerprint density at radius 1 is 1.62 bits per heavy atom. The SMILES string of the molecule is C=Cc1ccnc(CC(C)CC)n1. The first-order valence-corrected chi connectivity index (χ1v) is 4.70. The van der Waals surface area contributed by atoms with E-state index in [9.17, 15) is 0 Å². The Hall–Kier alpha value is -1.18. The average Bonchev–Trinajstić information content (AvgIpc) is 2.18. The van der Waals surface area contributed by atoms with Crippen molar-refractivity contribution in [1.29, 1.82) is 0 Å². The van der Waals surface area contributed by atoms with Crippen molar-refractivity contribution >= 4 is 6.08 Å². The highest BCUT2D eigenvalue weighted by Gasteiger charge is 2.03. The minimum absolute atomic E-state index is 0.653. The Bertz CT molecular complexity index is 281. The normalized spacial score (nSPS) is 12.5. The molecule has 0 aromatic carbocycles. The molecule has 1 aromatic heterocycles. The summed E-state index contributed by atoms with van der Waals surface area (Å²) in [7, 11) is 0. The molecule has 70 valence electrons. The van der Waals surface area contributed by atoms with Crippen molar-refractivity contribution in [2.75, 3.05) is 0 Å². The van der Waals surface area contributed by atoms with Crippen LogP contribution in [0.5, 0.6) is 0 Å². The number of nitrogens with zero attached hydrogens (tertiary/aromatic N) is 2. The van der Waals surface area contributed by atoms with Crippen molar-refractivity contribution in [2.45, 2.75) is 26.7 Å². The van der Waals surface area contributed by atoms with Gasteiger partial charge >= 0.3 is 0 Å². The minimum atomic E-state index is 0.653. The van der Waals surface area contributed by atoms with E-state index >= 15 is 0 Å². The van der Waals surface area contributed by atoms with Gasteiger partial charge in [-0.3, -0.25) is 0 Å². The van der Waals surface area contributed by atoms with E-state index in [-0.39, 0.29) is 0 Å². The molecule has 13 heavy (non-hydrogen) atoms. The Kier molecular flexibility index (Phi) is 3.62. The van der Waals surface area contributed by atoms with Gasteiger partial charge in [0.25, 0.3) is 0 Å². The lowest BCUT2D eigenvalue weighted by atomic mass is 10.1. The van der Waals surface area contributed by atoms with Gasteiger partial charge in [0, 0.05) is 12.6 Å². The monoisotopic (exact) mass is 176 g/mol. The summed E-state index contributed by atoms with van der Waals surface area (Å²) < 4.78 is 0. The summed E-state index contributed by atoms with van der Waals surface area (Å²) in [6, 6.07) is 1.87. The molecule has 1 aromatic rings. The third-order valence-corrected chi connectivity index (χ3v) is 2.16. The maximum atomic E-state index is 4.35. The molecule has 0 spiro atoms. The lowest BCUT2D eigenvalue weighted by Crippen LogP contribution is -2.03. The highest BCUT2D eigenvalue weighted by Crippen LogP contribution is 2.07. The van der Waals surface area contributed by atoms with Crippen LogP contribution in [0, 0.1) is 5.92 Å². The Morgan fingerprint density at radius 3 is 3.00 bits per heavy atom. The van der Waals surface area contributed by atoms with Crippen molar-refractivity contribution in [3.8, 4) is 0 Å². The van der Waals surface area contributed by atoms with Crippen LogP contribution < -0.4 is 0 Å². The topological polar surface area (TPSA) is 25.8 Å². The van der Waals surface area contributed by atoms with Gasteiger partial charge in [-0.05, 0) is 18.1 Å². The molecule has 0 fully saturated rings. The zero-order chi connectivity index (χ0) is 9.68. The summed E-state index contributed by atoms with van der Waals surface area (Å²) in [5.74, 6) is 1.58. The molecule has 0 N–H and O–H groups in total. The fourth-order valence-corrected chi connectivity index (χ4v) is 1.08. The lowest BCUT2D eigenvalue weighted by molar-refractivity contribution is 0.543. The third kappa shape index (κ3) is 2.98. The lowest BCUT2D eigenvalue weighted by Gasteiger charge is -2.06. The van der Waals surface area contributed by atoms with Crippen LogP contribution in [0.15, 0.2) is 18.8 Å². The molecule has 0 saturated carbocycles. The molecule has 1 heterocycles. The van der Waals surface area contributed by atoms with Crippen LogP contribution in [0.4, 0.5) is 0 Å². The number of hydrogen-bond donors (Lipinski definition) is 0. The molecule has 0 aliphatic carbocycles. The van der Waals surface area contributed by atoms with E-state index in [0.717, 1.165) is 17.9 Å². The summed E-state index contributed by atoms with van der Waals surface area (Å²) in [5.41, 5.74) is 0.910. The van der Waals surface area contributed by atoms with Gasteiger partial charge in [-0.2, -0.15) is 0 Å². The molecule has 0 aliphatic rings. The van der Waals surface area contributed by atoms with Crippen LogP contribution in [0.3, 0.4) is 0 Å². The Balaban J connectivity index is 2.71. The van der Waals surface area contributed by atoms with Crippen LogP contribution >= 0.6 is 0 Å². The van der Waals surface area contributed by atoms with Crippen molar-refractivity contribution < 1.29 is 0 Å². The first-order chi connectivity index (χ1) is 6.26. The average molecular weight is 176 g/mol. The second kappa shape index (κ2) is 4.75. The van der Waals surface area contributed by atoms with Gasteiger partial charge in [-0.25, -0.2) is 9.97 Å². The van der Waals surface area contributed by atoms with E-state index in [1.807, 2.05) is 6.07 Å². The molecule has 0 amide bonds. The molecule has 1 unspecified atom stereocenters. The van der Waals surface area contributed by atoms with E-state index in [0.29, 0.717) is 5.92 Å². The van der Waals surface area contributed by atoms with Crippen molar-refractivity contribution in [1.82, 2.24) is 9.97 Å². The van der Waals surface area contributed by atoms with E-state index in [2.05, 4.69) is 30.4 Å². The summed E-state index contributed by atoms with van der Waals surface area (Å²) in [6.45, 7) is 8.08. The summed E-state index contributed by atoms with van der Waals surface area (Å²) in [6.07, 6.45) is 5.67. The molecule has 2 nitrogen and oxygen atoms in total. The third-order valence-electron chi connectivity index (χ3n) is 2.16. The summed E-state index contributed by atoms with van der Waals surface area (Å²) in [5, 5.41) is 0. The number of aromatic nitrogens is 2. The molecular formula is C11H16N2. The first-order valence-electron chi connectivity index (χ1n) is 4.70. The van der Waals surface area contributed by atoms with Crippen LogP contribution in [0.25, 0.3) is 6.08 Å². The molecule has 1 rings (SSSR count). The van der Waals surface area contributed by atoms with Gasteiger partial charge in [-0.1, -0.05) is 26.8 Å². The Morgan fingerprint density at radius 2 is 2.38 bits per heavy atom. The van der Waals surface area contributed by atoms with Crippen molar-refractivity contribution in [3.05, 3.63) is 30.4 Å². The molecule has 0 radical (unpaired) electrons. The summed E-state index contributed by atoms with van der Waals surface area (Å²) >= 11 is 0. The molecular weight excluding hydrogens is 160 g/mol. The predicted octanol–water partition coefficient (Wildman–Crippen LogP) is 2.71. The van der Waals surface area contributed by atoms with Crippen LogP contribution in [-0.2, 0) is 6.42 Å². The minimum Gasteiger partial charge on any atom is -0.241 e. The maximum Gasteiger partial charge on any atom is 0.129 e. The predicted molar refractivity (Wildman–Crippen MR) is 55.3 cm³/mol. The molecule has 1 atom stereocenters. The highest BCUT2D eigenvalue weighted by molar-refractivity contribution is 5.40. The smallest absolute Gasteiger partial charge is 0.129 e. The first kappa shape index (κ1) is 9.90. The number of rotatable bonds is 4. The summed E-state index contributed by atoms with van der Waals surface area (Å²) in [4.78, 5) is 8.57. The van der Waals surface area contributed by atoms with E-state index < -0.39 is 0 Å². The van der Waals surface area contributed by atoms with Crippen LogP contribution in [0.2, 0.25) is 0 Å². The fourth-order valence-electron chi connectivity index (χ4n) is 1.08. The largest absolute Gasteiger partial charge is 0.241 e. The van der Waals surface area contributed by atoms with E-state index in [1.165, 1.54) is 6.42 Å². The maximum absolute atomic E-state index is 4.35. The second-order valence-electron chi connectivity index (χ2n) is 3.32. The standard InChI is InChI=1S/C11H16N2/c1-4-9(3)8-11-12-7-6-10(5-2)13-11/h5-7,9H,2,4,8H2,1,3H3. The number of hydrogen-bond acceptors (Lipinski definition) is 2. The van der Waals surface area contributed by atoms with Gasteiger partial charge in [0.15, 0.2) is 0 Å². The van der Waals surface area contributed by atoms with Crippen molar-refractivity contribution in [2.24, 2.45) is 5.92 Å². The quantitative estimate of drug-likeness (QED) is 0.705. The fraction of sp³-hybridized carbons (Fsp3) is 0.455.